The summed E-state index contributed by atoms with van der Waals surface area (Å²) < 4.78 is 6.77. The second-order valence-electron chi connectivity index (χ2n) is 4.24. The zero-order chi connectivity index (χ0) is 14.4. The van der Waals surface area contributed by atoms with Crippen molar-refractivity contribution in [1.29, 1.82) is 5.26 Å². The highest BCUT2D eigenvalue weighted by Gasteiger charge is 2.21. The molecule has 2 rings (SSSR count). The lowest BCUT2D eigenvalue weighted by Crippen LogP contribution is -2.19. The van der Waals surface area contributed by atoms with Gasteiger partial charge in [0.1, 0.15) is 5.92 Å². The van der Waals surface area contributed by atoms with E-state index < -0.39 is 11.9 Å². The van der Waals surface area contributed by atoms with Crippen molar-refractivity contribution in [3.8, 4) is 11.8 Å². The number of carbonyl (C=O) groups excluding carboxylic acids is 1. The maximum absolute atomic E-state index is 11.7. The Morgan fingerprint density at radius 2 is 2.30 bits per heavy atom. The van der Waals surface area contributed by atoms with Gasteiger partial charge in [-0.15, -0.1) is 0 Å². The highest BCUT2D eigenvalue weighted by Crippen LogP contribution is 2.18. The van der Waals surface area contributed by atoms with Gasteiger partial charge in [0, 0.05) is 24.5 Å². The third kappa shape index (κ3) is 3.04. The van der Waals surface area contributed by atoms with E-state index in [1.54, 1.807) is 19.4 Å². The molecule has 0 aliphatic heterocycles. The van der Waals surface area contributed by atoms with E-state index in [0.29, 0.717) is 6.42 Å². The molecule has 2 aromatic rings. The molecule has 5 nitrogen and oxygen atoms in total. The zero-order valence-electron chi connectivity index (χ0n) is 11.2. The van der Waals surface area contributed by atoms with Crippen molar-refractivity contribution in [3.05, 3.63) is 48.5 Å². The first-order valence-corrected chi connectivity index (χ1v) is 6.38. The van der Waals surface area contributed by atoms with E-state index in [1.165, 1.54) is 0 Å². The minimum Gasteiger partial charge on any atom is -0.465 e. The normalized spacial score (nSPS) is 11.6. The van der Waals surface area contributed by atoms with Crippen LogP contribution >= 0.6 is 0 Å². The summed E-state index contributed by atoms with van der Waals surface area (Å²) in [4.78, 5) is 15.7. The number of esters is 1. The number of hydrogen-bond acceptors (Lipinski definition) is 4. The predicted octanol–water partition coefficient (Wildman–Crippen LogP) is 2.12. The van der Waals surface area contributed by atoms with Crippen LogP contribution in [-0.2, 0) is 16.0 Å². The van der Waals surface area contributed by atoms with Gasteiger partial charge < -0.3 is 9.30 Å². The fraction of sp³-hybridized carbons (Fsp3) is 0.267. The van der Waals surface area contributed by atoms with Crippen LogP contribution in [0.4, 0.5) is 0 Å². The van der Waals surface area contributed by atoms with Crippen molar-refractivity contribution in [3.63, 3.8) is 0 Å². The Labute approximate surface area is 117 Å². The van der Waals surface area contributed by atoms with Crippen molar-refractivity contribution in [2.24, 2.45) is 5.92 Å². The first kappa shape index (κ1) is 13.8. The third-order valence-electron chi connectivity index (χ3n) is 2.93. The largest absolute Gasteiger partial charge is 0.465 e. The van der Waals surface area contributed by atoms with Crippen molar-refractivity contribution >= 4 is 5.97 Å². The number of carbonyl (C=O) groups is 1. The fourth-order valence-corrected chi connectivity index (χ4v) is 1.98. The molecule has 0 aliphatic carbocycles. The molecule has 0 saturated heterocycles. The molecule has 5 heteroatoms. The van der Waals surface area contributed by atoms with Crippen LogP contribution in [0.3, 0.4) is 0 Å². The summed E-state index contributed by atoms with van der Waals surface area (Å²) in [5, 5.41) is 9.14. The highest BCUT2D eigenvalue weighted by atomic mass is 16.5. The molecule has 0 N–H and O–H groups in total. The molecule has 102 valence electrons. The molecule has 0 aliphatic rings. The van der Waals surface area contributed by atoms with E-state index in [1.807, 2.05) is 41.1 Å². The fourth-order valence-electron chi connectivity index (χ4n) is 1.98. The number of benzene rings is 1. The van der Waals surface area contributed by atoms with E-state index in [0.717, 1.165) is 11.3 Å². The number of imidazole rings is 1. The van der Waals surface area contributed by atoms with Crippen molar-refractivity contribution in [2.45, 2.75) is 13.3 Å². The summed E-state index contributed by atoms with van der Waals surface area (Å²) in [6.07, 6.45) is 5.52. The van der Waals surface area contributed by atoms with E-state index in [4.69, 9.17) is 10.00 Å². The van der Waals surface area contributed by atoms with Gasteiger partial charge in [-0.2, -0.15) is 5.26 Å². The topological polar surface area (TPSA) is 67.9 Å². The lowest BCUT2D eigenvalue weighted by Gasteiger charge is -2.12. The molecule has 0 amide bonds. The summed E-state index contributed by atoms with van der Waals surface area (Å²) >= 11 is 0. The maximum atomic E-state index is 11.7. The van der Waals surface area contributed by atoms with E-state index in [9.17, 15) is 4.79 Å². The first-order valence-electron chi connectivity index (χ1n) is 6.38. The first-order chi connectivity index (χ1) is 9.76. The molecule has 0 saturated carbocycles. The molecule has 0 bridgehead atoms. The predicted molar refractivity (Wildman–Crippen MR) is 73.0 cm³/mol. The lowest BCUT2D eigenvalue weighted by molar-refractivity contribution is -0.145. The number of para-hydroxylation sites is 1. The second kappa shape index (κ2) is 6.53. The van der Waals surface area contributed by atoms with Gasteiger partial charge in [-0.3, -0.25) is 4.79 Å². The summed E-state index contributed by atoms with van der Waals surface area (Å²) in [5.41, 5.74) is 1.82. The SMILES string of the molecule is CCOC(=O)C(C#N)Cc1ccccc1-n1ccnc1. The van der Waals surface area contributed by atoms with Crippen molar-refractivity contribution in [2.75, 3.05) is 6.61 Å². The molecular weight excluding hydrogens is 254 g/mol. The smallest absolute Gasteiger partial charge is 0.323 e. The number of nitrogens with zero attached hydrogens (tertiary/aromatic N) is 3. The molecule has 0 spiro atoms. The van der Waals surface area contributed by atoms with Gasteiger partial charge in [0.2, 0.25) is 0 Å². The van der Waals surface area contributed by atoms with Crippen LogP contribution in [0.25, 0.3) is 5.69 Å². The molecule has 1 aromatic heterocycles. The van der Waals surface area contributed by atoms with Crippen LogP contribution < -0.4 is 0 Å². The summed E-state index contributed by atoms with van der Waals surface area (Å²) in [7, 11) is 0. The molecule has 0 radical (unpaired) electrons. The average molecular weight is 269 g/mol. The zero-order valence-corrected chi connectivity index (χ0v) is 11.2. The van der Waals surface area contributed by atoms with Crippen LogP contribution in [-0.4, -0.2) is 22.1 Å². The molecule has 1 atom stereocenters. The minimum atomic E-state index is -0.792. The Kier molecular flexibility index (Phi) is 4.51. The van der Waals surface area contributed by atoms with Crippen LogP contribution in [0.2, 0.25) is 0 Å². The lowest BCUT2D eigenvalue weighted by atomic mass is 9.99. The van der Waals surface area contributed by atoms with Gasteiger partial charge >= 0.3 is 5.97 Å². The Hall–Kier alpha value is -2.61. The molecule has 0 fully saturated rings. The number of aromatic nitrogens is 2. The van der Waals surface area contributed by atoms with Gasteiger partial charge in [0.25, 0.3) is 0 Å². The average Bonchev–Trinajstić information content (AvgIpc) is 2.99. The monoisotopic (exact) mass is 269 g/mol. The minimum absolute atomic E-state index is 0.278. The van der Waals surface area contributed by atoms with Crippen LogP contribution in [0.15, 0.2) is 43.0 Å². The van der Waals surface area contributed by atoms with E-state index in [2.05, 4.69) is 4.98 Å². The molecule has 20 heavy (non-hydrogen) atoms. The Bertz CT molecular complexity index is 614. The standard InChI is InChI=1S/C15H15N3O2/c1-2-20-15(19)13(10-16)9-12-5-3-4-6-14(12)18-8-7-17-11-18/h3-8,11,13H,2,9H2,1H3. The number of ether oxygens (including phenoxy) is 1. The van der Waals surface area contributed by atoms with Gasteiger partial charge in [-0.25, -0.2) is 4.98 Å². The van der Waals surface area contributed by atoms with Gasteiger partial charge in [-0.1, -0.05) is 18.2 Å². The van der Waals surface area contributed by atoms with Crippen LogP contribution in [0, 0.1) is 17.2 Å². The maximum Gasteiger partial charge on any atom is 0.323 e. The summed E-state index contributed by atoms with van der Waals surface area (Å²) in [5.74, 6) is -1.27. The Morgan fingerprint density at radius 1 is 1.50 bits per heavy atom. The second-order valence-corrected chi connectivity index (χ2v) is 4.24. The number of nitriles is 1. The molecule has 1 unspecified atom stereocenters. The van der Waals surface area contributed by atoms with Gasteiger partial charge in [0.15, 0.2) is 0 Å². The summed E-state index contributed by atoms with van der Waals surface area (Å²) in [6.45, 7) is 2.01. The Morgan fingerprint density at radius 3 is 2.95 bits per heavy atom. The number of hydrogen-bond donors (Lipinski definition) is 0. The number of rotatable bonds is 5. The van der Waals surface area contributed by atoms with Crippen LogP contribution in [0.1, 0.15) is 12.5 Å². The van der Waals surface area contributed by atoms with Gasteiger partial charge in [0.05, 0.1) is 19.0 Å². The van der Waals surface area contributed by atoms with E-state index in [-0.39, 0.29) is 6.61 Å². The summed E-state index contributed by atoms with van der Waals surface area (Å²) in [6, 6.07) is 9.63. The van der Waals surface area contributed by atoms with Gasteiger partial charge in [-0.05, 0) is 18.6 Å². The Balaban J connectivity index is 2.25. The van der Waals surface area contributed by atoms with E-state index >= 15 is 0 Å². The highest BCUT2D eigenvalue weighted by molar-refractivity contribution is 5.75. The molecule has 1 aromatic carbocycles. The quantitative estimate of drug-likeness (QED) is 0.780. The van der Waals surface area contributed by atoms with Crippen molar-refractivity contribution in [1.82, 2.24) is 9.55 Å². The van der Waals surface area contributed by atoms with Crippen molar-refractivity contribution < 1.29 is 9.53 Å². The third-order valence-corrected chi connectivity index (χ3v) is 2.93. The molecule has 1 heterocycles. The van der Waals surface area contributed by atoms with Crippen LogP contribution in [0.5, 0.6) is 0 Å². The molecular formula is C15H15N3O2.